The van der Waals surface area contributed by atoms with Crippen LogP contribution in [0.25, 0.3) is 10.9 Å². The fourth-order valence-corrected chi connectivity index (χ4v) is 4.91. The van der Waals surface area contributed by atoms with Crippen molar-refractivity contribution < 1.29 is 13.9 Å². The normalized spacial score (nSPS) is 28.7. The predicted molar refractivity (Wildman–Crippen MR) is 94.7 cm³/mol. The van der Waals surface area contributed by atoms with Crippen molar-refractivity contribution in [3.05, 3.63) is 41.8 Å². The number of nitrogens with zero attached hydrogens (tertiary/aromatic N) is 1. The number of carbonyl (C=O) groups is 1. The molecule has 0 radical (unpaired) electrons. The lowest BCUT2D eigenvalue weighted by molar-refractivity contribution is -0.163. The van der Waals surface area contributed by atoms with Gasteiger partial charge in [-0.15, -0.1) is 0 Å². The summed E-state index contributed by atoms with van der Waals surface area (Å²) < 4.78 is 19.0. The van der Waals surface area contributed by atoms with Crippen LogP contribution in [0.15, 0.2) is 30.5 Å². The third-order valence-electron chi connectivity index (χ3n) is 6.40. The number of halogens is 1. The zero-order chi connectivity index (χ0) is 17.4. The maximum Gasteiger partial charge on any atom is 0.309 e. The molecule has 2 aromatic rings. The summed E-state index contributed by atoms with van der Waals surface area (Å²) in [6.45, 7) is 2.33. The fourth-order valence-electron chi connectivity index (χ4n) is 4.91. The van der Waals surface area contributed by atoms with Crippen molar-refractivity contribution in [2.75, 3.05) is 6.61 Å². The van der Waals surface area contributed by atoms with Crippen molar-refractivity contribution in [3.8, 4) is 0 Å². The Balaban J connectivity index is 1.53. The van der Waals surface area contributed by atoms with Crippen molar-refractivity contribution in [1.82, 2.24) is 4.98 Å². The van der Waals surface area contributed by atoms with Gasteiger partial charge in [0.1, 0.15) is 5.82 Å². The first-order chi connectivity index (χ1) is 12.1. The number of esters is 1. The monoisotopic (exact) mass is 341 g/mol. The number of aromatic nitrogens is 1. The van der Waals surface area contributed by atoms with Gasteiger partial charge in [0.05, 0.1) is 18.0 Å². The van der Waals surface area contributed by atoms with Gasteiger partial charge in [0, 0.05) is 11.6 Å². The van der Waals surface area contributed by atoms with E-state index in [2.05, 4.69) is 4.98 Å². The molecule has 2 saturated carbocycles. The maximum absolute atomic E-state index is 13.7. The van der Waals surface area contributed by atoms with Crippen molar-refractivity contribution in [3.63, 3.8) is 0 Å². The number of fused-ring (bicyclic) bond motifs is 1. The molecule has 0 saturated heterocycles. The zero-order valence-electron chi connectivity index (χ0n) is 14.6. The molecule has 1 spiro atoms. The Labute approximate surface area is 147 Å². The molecule has 1 atom stereocenters. The molecule has 1 aromatic carbocycles. The van der Waals surface area contributed by atoms with Crippen molar-refractivity contribution >= 4 is 16.9 Å². The average molecular weight is 341 g/mol. The Morgan fingerprint density at radius 3 is 2.68 bits per heavy atom. The number of hydrogen-bond acceptors (Lipinski definition) is 3. The minimum atomic E-state index is -0.213. The topological polar surface area (TPSA) is 39.2 Å². The first kappa shape index (κ1) is 16.5. The second-order valence-corrected chi connectivity index (χ2v) is 7.54. The lowest BCUT2D eigenvalue weighted by Gasteiger charge is -2.52. The summed E-state index contributed by atoms with van der Waals surface area (Å²) in [5.74, 6) is 0.278. The molecular weight excluding hydrogens is 317 g/mol. The minimum Gasteiger partial charge on any atom is -0.466 e. The summed E-state index contributed by atoms with van der Waals surface area (Å²) in [5, 5.41) is 0.930. The molecule has 0 aliphatic heterocycles. The van der Waals surface area contributed by atoms with Crippen LogP contribution < -0.4 is 0 Å². The summed E-state index contributed by atoms with van der Waals surface area (Å²) in [4.78, 5) is 16.6. The number of benzene rings is 1. The predicted octanol–water partition coefficient (Wildman–Crippen LogP) is 4.99. The van der Waals surface area contributed by atoms with Gasteiger partial charge in [-0.1, -0.05) is 0 Å². The van der Waals surface area contributed by atoms with Gasteiger partial charge < -0.3 is 4.74 Å². The Morgan fingerprint density at radius 2 is 2.00 bits per heavy atom. The van der Waals surface area contributed by atoms with Gasteiger partial charge in [0.2, 0.25) is 0 Å². The zero-order valence-corrected chi connectivity index (χ0v) is 14.6. The molecule has 1 aromatic heterocycles. The van der Waals surface area contributed by atoms with Crippen LogP contribution in [-0.4, -0.2) is 17.6 Å². The number of carbonyl (C=O) groups excluding carboxylic acids is 1. The largest absolute Gasteiger partial charge is 0.466 e. The number of hydrogen-bond donors (Lipinski definition) is 0. The van der Waals surface area contributed by atoms with Crippen molar-refractivity contribution in [1.29, 1.82) is 0 Å². The van der Waals surface area contributed by atoms with Gasteiger partial charge in [0.25, 0.3) is 0 Å². The summed E-state index contributed by atoms with van der Waals surface area (Å²) in [5.41, 5.74) is 2.20. The Kier molecular flexibility index (Phi) is 4.22. The molecule has 0 N–H and O–H groups in total. The molecule has 2 aliphatic rings. The van der Waals surface area contributed by atoms with E-state index < -0.39 is 0 Å². The summed E-state index contributed by atoms with van der Waals surface area (Å²) >= 11 is 0. The smallest absolute Gasteiger partial charge is 0.309 e. The van der Waals surface area contributed by atoms with Crippen LogP contribution in [0.1, 0.15) is 56.9 Å². The third kappa shape index (κ3) is 2.82. The Bertz CT molecular complexity index is 796. The van der Waals surface area contributed by atoms with Gasteiger partial charge in [-0.3, -0.25) is 9.78 Å². The molecule has 4 rings (SSSR count). The average Bonchev–Trinajstić information content (AvgIpc) is 2.60. The van der Waals surface area contributed by atoms with Gasteiger partial charge >= 0.3 is 5.97 Å². The molecule has 1 heterocycles. The molecule has 0 bridgehead atoms. The molecule has 25 heavy (non-hydrogen) atoms. The fraction of sp³-hybridized carbons (Fsp3) is 0.524. The first-order valence-electron chi connectivity index (χ1n) is 9.34. The standard InChI is InChI=1S/C21H24FNO2/c1-2-25-20(24)18-7-11-21(18)9-5-14(6-10-21)16-8-12-23-19-4-3-15(22)13-17(16)19/h3-4,8,12-14,18H,2,5-7,9-11H2,1H3/t14?,18-,21?/m1/s1. The molecule has 4 heteroatoms. The van der Waals surface area contributed by atoms with Gasteiger partial charge in [0.15, 0.2) is 0 Å². The van der Waals surface area contributed by atoms with E-state index >= 15 is 0 Å². The van der Waals surface area contributed by atoms with Crippen LogP contribution in [0.4, 0.5) is 4.39 Å². The van der Waals surface area contributed by atoms with E-state index in [1.807, 2.05) is 19.2 Å². The van der Waals surface area contributed by atoms with E-state index in [0.29, 0.717) is 12.5 Å². The highest BCUT2D eigenvalue weighted by Gasteiger charge is 2.52. The highest BCUT2D eigenvalue weighted by molar-refractivity contribution is 5.82. The van der Waals surface area contributed by atoms with Gasteiger partial charge in [-0.2, -0.15) is 0 Å². The second-order valence-electron chi connectivity index (χ2n) is 7.54. The van der Waals surface area contributed by atoms with E-state index in [1.165, 1.54) is 11.6 Å². The molecule has 0 amide bonds. The number of rotatable bonds is 3. The van der Waals surface area contributed by atoms with E-state index in [1.54, 1.807) is 12.1 Å². The minimum absolute atomic E-state index is 0.0105. The molecule has 3 nitrogen and oxygen atoms in total. The maximum atomic E-state index is 13.7. The Hall–Kier alpha value is -1.97. The van der Waals surface area contributed by atoms with Crippen LogP contribution in [0.5, 0.6) is 0 Å². The quantitative estimate of drug-likeness (QED) is 0.738. The van der Waals surface area contributed by atoms with Crippen LogP contribution in [0, 0.1) is 17.2 Å². The summed E-state index contributed by atoms with van der Waals surface area (Å²) in [6.07, 6.45) is 8.13. The first-order valence-corrected chi connectivity index (χ1v) is 9.34. The summed E-state index contributed by atoms with van der Waals surface area (Å²) in [7, 11) is 0. The summed E-state index contributed by atoms with van der Waals surface area (Å²) in [6, 6.07) is 6.86. The van der Waals surface area contributed by atoms with Crippen LogP contribution >= 0.6 is 0 Å². The van der Waals surface area contributed by atoms with Crippen molar-refractivity contribution in [2.24, 2.45) is 11.3 Å². The third-order valence-corrected chi connectivity index (χ3v) is 6.40. The molecule has 0 unspecified atom stereocenters. The molecule has 2 aliphatic carbocycles. The van der Waals surface area contributed by atoms with Gasteiger partial charge in [-0.25, -0.2) is 4.39 Å². The van der Waals surface area contributed by atoms with Crippen molar-refractivity contribution in [2.45, 2.75) is 51.4 Å². The van der Waals surface area contributed by atoms with Crippen LogP contribution in [0.2, 0.25) is 0 Å². The Morgan fingerprint density at radius 1 is 1.24 bits per heavy atom. The molecular formula is C21H24FNO2. The van der Waals surface area contributed by atoms with E-state index in [0.717, 1.165) is 49.4 Å². The van der Waals surface area contributed by atoms with Crippen LogP contribution in [0.3, 0.4) is 0 Å². The van der Waals surface area contributed by atoms with E-state index in [-0.39, 0.29) is 23.1 Å². The lowest BCUT2D eigenvalue weighted by Crippen LogP contribution is -2.47. The lowest BCUT2D eigenvalue weighted by atomic mass is 9.52. The van der Waals surface area contributed by atoms with E-state index in [9.17, 15) is 9.18 Å². The highest BCUT2D eigenvalue weighted by atomic mass is 19.1. The van der Waals surface area contributed by atoms with Gasteiger partial charge in [-0.05, 0) is 86.6 Å². The highest BCUT2D eigenvalue weighted by Crippen LogP contribution is 2.58. The molecule has 132 valence electrons. The van der Waals surface area contributed by atoms with Crippen LogP contribution in [-0.2, 0) is 9.53 Å². The number of pyridine rings is 1. The molecule has 2 fully saturated rings. The van der Waals surface area contributed by atoms with E-state index in [4.69, 9.17) is 4.74 Å². The second kappa shape index (κ2) is 6.40. The SMILES string of the molecule is CCOC(=O)[C@H]1CCC12CCC(c1ccnc3ccc(F)cc13)CC2. The number of ether oxygens (including phenoxy) is 1.